The van der Waals surface area contributed by atoms with Crippen LogP contribution in [0, 0.1) is 5.92 Å². The SMILES string of the molecule is O=C(CCNC(=O)NCc1ccccc1)NC[C@@H]1CC2c3ccccc3C1c1ccccc12. The van der Waals surface area contributed by atoms with Crippen molar-refractivity contribution in [3.8, 4) is 0 Å². The van der Waals surface area contributed by atoms with Gasteiger partial charge >= 0.3 is 6.03 Å². The van der Waals surface area contributed by atoms with Crippen LogP contribution >= 0.6 is 0 Å². The molecule has 3 amide bonds. The Balaban J connectivity index is 1.12. The van der Waals surface area contributed by atoms with E-state index in [2.05, 4.69) is 64.5 Å². The fraction of sp³-hybridized carbons (Fsp3) is 0.286. The van der Waals surface area contributed by atoms with Crippen LogP contribution < -0.4 is 16.0 Å². The average Bonchev–Trinajstić information content (AvgIpc) is 2.87. The van der Waals surface area contributed by atoms with Crippen molar-refractivity contribution < 1.29 is 9.59 Å². The first kappa shape index (κ1) is 21.3. The maximum Gasteiger partial charge on any atom is 0.315 e. The highest BCUT2D eigenvalue weighted by Gasteiger charge is 2.42. The van der Waals surface area contributed by atoms with Crippen molar-refractivity contribution in [1.29, 1.82) is 0 Å². The summed E-state index contributed by atoms with van der Waals surface area (Å²) in [6.07, 6.45) is 1.33. The minimum atomic E-state index is -0.260. The molecule has 1 atom stereocenters. The Labute approximate surface area is 194 Å². The smallest absolute Gasteiger partial charge is 0.315 e. The summed E-state index contributed by atoms with van der Waals surface area (Å²) in [6, 6.07) is 27.0. The second-order valence-electron chi connectivity index (χ2n) is 8.93. The van der Waals surface area contributed by atoms with Crippen LogP contribution in [-0.2, 0) is 11.3 Å². The molecule has 3 aromatic carbocycles. The lowest BCUT2D eigenvalue weighted by Crippen LogP contribution is -2.41. The maximum atomic E-state index is 12.5. The molecule has 5 heteroatoms. The lowest BCUT2D eigenvalue weighted by molar-refractivity contribution is -0.121. The van der Waals surface area contributed by atoms with E-state index in [1.165, 1.54) is 22.3 Å². The van der Waals surface area contributed by atoms with E-state index in [1.54, 1.807) is 0 Å². The highest BCUT2D eigenvalue weighted by atomic mass is 16.2. The number of hydrogen-bond donors (Lipinski definition) is 3. The summed E-state index contributed by atoms with van der Waals surface area (Å²) in [5.41, 5.74) is 6.73. The Morgan fingerprint density at radius 2 is 1.33 bits per heavy atom. The molecule has 168 valence electrons. The van der Waals surface area contributed by atoms with Gasteiger partial charge in [0.1, 0.15) is 0 Å². The minimum Gasteiger partial charge on any atom is -0.356 e. The molecule has 2 bridgehead atoms. The van der Waals surface area contributed by atoms with Gasteiger partial charge in [0.2, 0.25) is 5.91 Å². The third-order valence-corrected chi connectivity index (χ3v) is 6.92. The molecule has 3 aromatic rings. The summed E-state index contributed by atoms with van der Waals surface area (Å²) in [6.45, 7) is 1.43. The zero-order chi connectivity index (χ0) is 22.6. The molecule has 3 aliphatic carbocycles. The van der Waals surface area contributed by atoms with Crippen LogP contribution in [-0.4, -0.2) is 25.0 Å². The standard InChI is InChI=1S/C28H29N3O2/c32-26(14-15-29-28(33)31-17-19-8-2-1-3-9-19)30-18-20-16-25-21-10-4-6-12-23(21)27(20)24-13-7-5-11-22(24)25/h1-13,20,25,27H,14-18H2,(H,30,32)(H2,29,31,33)/t20-,25?,27?/m0/s1. The Morgan fingerprint density at radius 3 is 2.00 bits per heavy atom. The van der Waals surface area contributed by atoms with Crippen LogP contribution in [0.25, 0.3) is 0 Å². The van der Waals surface area contributed by atoms with Crippen LogP contribution in [0.1, 0.15) is 52.5 Å². The van der Waals surface area contributed by atoms with Crippen molar-refractivity contribution in [3.05, 3.63) is 107 Å². The van der Waals surface area contributed by atoms with Gasteiger partial charge in [0, 0.05) is 37.9 Å². The Bertz CT molecular complexity index is 1100. The molecule has 0 saturated heterocycles. The third-order valence-electron chi connectivity index (χ3n) is 6.92. The first-order valence-corrected chi connectivity index (χ1v) is 11.7. The van der Waals surface area contributed by atoms with Gasteiger partial charge in [-0.1, -0.05) is 78.9 Å². The number of carbonyl (C=O) groups excluding carboxylic acids is 2. The number of urea groups is 1. The zero-order valence-electron chi connectivity index (χ0n) is 18.6. The fourth-order valence-electron chi connectivity index (χ4n) is 5.42. The topological polar surface area (TPSA) is 70.2 Å². The van der Waals surface area contributed by atoms with Crippen molar-refractivity contribution in [3.63, 3.8) is 0 Å². The zero-order valence-corrected chi connectivity index (χ0v) is 18.6. The number of nitrogens with one attached hydrogen (secondary N) is 3. The number of hydrogen-bond acceptors (Lipinski definition) is 2. The molecule has 6 rings (SSSR count). The molecule has 0 fully saturated rings. The van der Waals surface area contributed by atoms with Crippen molar-refractivity contribution in [2.45, 2.75) is 31.2 Å². The predicted octanol–water partition coefficient (Wildman–Crippen LogP) is 4.29. The molecule has 3 N–H and O–H groups in total. The average molecular weight is 440 g/mol. The monoisotopic (exact) mass is 439 g/mol. The van der Waals surface area contributed by atoms with Gasteiger partial charge in [0.25, 0.3) is 0 Å². The predicted molar refractivity (Wildman–Crippen MR) is 129 cm³/mol. The number of rotatable bonds is 7. The van der Waals surface area contributed by atoms with E-state index in [9.17, 15) is 9.59 Å². The van der Waals surface area contributed by atoms with E-state index in [4.69, 9.17) is 0 Å². The molecule has 33 heavy (non-hydrogen) atoms. The quantitative estimate of drug-likeness (QED) is 0.514. The van der Waals surface area contributed by atoms with Crippen LogP contribution in [0.3, 0.4) is 0 Å². The Morgan fingerprint density at radius 1 is 0.727 bits per heavy atom. The first-order valence-electron chi connectivity index (χ1n) is 11.7. The van der Waals surface area contributed by atoms with Crippen molar-refractivity contribution in [2.75, 3.05) is 13.1 Å². The summed E-state index contributed by atoms with van der Waals surface area (Å²) in [5, 5.41) is 8.70. The molecule has 0 aromatic heterocycles. The number of carbonyl (C=O) groups is 2. The Hall–Kier alpha value is -3.60. The van der Waals surface area contributed by atoms with Crippen LogP contribution in [0.2, 0.25) is 0 Å². The second kappa shape index (κ2) is 9.49. The van der Waals surface area contributed by atoms with Gasteiger partial charge in [-0.25, -0.2) is 4.79 Å². The van der Waals surface area contributed by atoms with Gasteiger partial charge in [-0.2, -0.15) is 0 Å². The number of fused-ring (bicyclic) bond motifs is 1. The highest BCUT2D eigenvalue weighted by molar-refractivity contribution is 5.78. The van der Waals surface area contributed by atoms with E-state index in [1.807, 2.05) is 30.3 Å². The van der Waals surface area contributed by atoms with E-state index in [-0.39, 0.29) is 18.4 Å². The maximum absolute atomic E-state index is 12.5. The van der Waals surface area contributed by atoms with Crippen LogP contribution in [0.5, 0.6) is 0 Å². The lowest BCUT2D eigenvalue weighted by atomic mass is 9.59. The second-order valence-corrected chi connectivity index (χ2v) is 8.93. The van der Waals surface area contributed by atoms with Gasteiger partial charge in [0.15, 0.2) is 0 Å². The molecular formula is C28H29N3O2. The van der Waals surface area contributed by atoms with Crippen molar-refractivity contribution >= 4 is 11.9 Å². The molecule has 5 nitrogen and oxygen atoms in total. The molecule has 0 saturated carbocycles. The van der Waals surface area contributed by atoms with Crippen LogP contribution in [0.15, 0.2) is 78.9 Å². The van der Waals surface area contributed by atoms with Crippen molar-refractivity contribution in [2.24, 2.45) is 5.92 Å². The van der Waals surface area contributed by atoms with Gasteiger partial charge in [-0.05, 0) is 40.2 Å². The summed E-state index contributed by atoms with van der Waals surface area (Å²) < 4.78 is 0. The molecule has 0 radical (unpaired) electrons. The molecular weight excluding hydrogens is 410 g/mol. The summed E-state index contributed by atoms with van der Waals surface area (Å²) in [4.78, 5) is 24.4. The van der Waals surface area contributed by atoms with Gasteiger partial charge < -0.3 is 16.0 Å². The molecule has 0 aliphatic heterocycles. The van der Waals surface area contributed by atoms with Gasteiger partial charge in [0.05, 0.1) is 0 Å². The summed E-state index contributed by atoms with van der Waals surface area (Å²) in [5.74, 6) is 1.08. The fourth-order valence-corrected chi connectivity index (χ4v) is 5.42. The van der Waals surface area contributed by atoms with Crippen LogP contribution in [0.4, 0.5) is 4.79 Å². The first-order chi connectivity index (χ1) is 16.2. The van der Waals surface area contributed by atoms with Crippen molar-refractivity contribution in [1.82, 2.24) is 16.0 Å². The summed E-state index contributed by atoms with van der Waals surface area (Å²) >= 11 is 0. The lowest BCUT2D eigenvalue weighted by Gasteiger charge is -2.45. The number of benzene rings is 3. The highest BCUT2D eigenvalue weighted by Crippen LogP contribution is 2.55. The van der Waals surface area contributed by atoms with Gasteiger partial charge in [-0.15, -0.1) is 0 Å². The Kier molecular flexibility index (Phi) is 6.11. The van der Waals surface area contributed by atoms with E-state index >= 15 is 0 Å². The van der Waals surface area contributed by atoms with E-state index in [0.29, 0.717) is 37.4 Å². The molecule has 0 heterocycles. The molecule has 3 aliphatic rings. The summed E-state index contributed by atoms with van der Waals surface area (Å²) in [7, 11) is 0. The number of amides is 3. The third kappa shape index (κ3) is 4.49. The minimum absolute atomic E-state index is 0.0265. The van der Waals surface area contributed by atoms with E-state index in [0.717, 1.165) is 12.0 Å². The molecule has 0 unspecified atom stereocenters. The normalized spacial score (nSPS) is 19.8. The molecule has 0 spiro atoms. The largest absolute Gasteiger partial charge is 0.356 e. The van der Waals surface area contributed by atoms with E-state index < -0.39 is 0 Å². The van der Waals surface area contributed by atoms with Gasteiger partial charge in [-0.3, -0.25) is 4.79 Å².